The summed E-state index contributed by atoms with van der Waals surface area (Å²) in [4.78, 5) is 26.6. The Kier molecular flexibility index (Phi) is 8.04. The summed E-state index contributed by atoms with van der Waals surface area (Å²) in [5.41, 5.74) is 1.69. The van der Waals surface area contributed by atoms with Gasteiger partial charge in [0, 0.05) is 17.4 Å². The molecule has 0 radical (unpaired) electrons. The Morgan fingerprint density at radius 3 is 1.58 bits per heavy atom. The lowest BCUT2D eigenvalue weighted by Crippen LogP contribution is -2.33. The topological polar surface area (TPSA) is 81.9 Å². The molecule has 2 N–H and O–H groups in total. The van der Waals surface area contributed by atoms with Gasteiger partial charge in [0.05, 0.1) is 25.3 Å². The maximum Gasteiger partial charge on any atom is 0.416 e. The molecule has 200 valence electrons. The number of halogens is 6. The highest BCUT2D eigenvalue weighted by molar-refractivity contribution is 6.27. The SMILES string of the molecule is COc1cc(C=C(C(N)=O)C(=O)N(c2cccc(C(F)(F)F)c2)c2cccc(C(F)(F)F)c2)cc(OC)c1. The van der Waals surface area contributed by atoms with E-state index in [-0.39, 0.29) is 17.1 Å². The Morgan fingerprint density at radius 2 is 1.21 bits per heavy atom. The Bertz CT molecular complexity index is 1300. The molecular weight excluding hydrogens is 518 g/mol. The molecule has 0 aliphatic heterocycles. The maximum absolute atomic E-state index is 13.7. The molecule has 0 saturated heterocycles. The minimum absolute atomic E-state index is 0.191. The van der Waals surface area contributed by atoms with Gasteiger partial charge in [-0.3, -0.25) is 14.5 Å². The van der Waals surface area contributed by atoms with Crippen molar-refractivity contribution in [2.75, 3.05) is 19.1 Å². The number of rotatable bonds is 7. The third-order valence-corrected chi connectivity index (χ3v) is 5.25. The molecule has 0 heterocycles. The van der Waals surface area contributed by atoms with Gasteiger partial charge in [-0.2, -0.15) is 26.3 Å². The van der Waals surface area contributed by atoms with Crippen LogP contribution in [0.1, 0.15) is 16.7 Å². The van der Waals surface area contributed by atoms with Crippen molar-refractivity contribution in [1.82, 2.24) is 0 Å². The van der Waals surface area contributed by atoms with E-state index >= 15 is 0 Å². The highest BCUT2D eigenvalue weighted by Crippen LogP contribution is 2.37. The van der Waals surface area contributed by atoms with Crippen molar-refractivity contribution in [3.8, 4) is 11.5 Å². The standard InChI is InChI=1S/C26H20F6N2O4/c1-37-20-9-15(10-21(14-20)38-2)11-22(23(33)35)24(36)34(18-7-3-5-16(12-18)25(27,28)29)19-8-4-6-17(13-19)26(30,31)32/h3-14H,1-2H3,(H2,33,35). The van der Waals surface area contributed by atoms with Crippen molar-refractivity contribution in [3.63, 3.8) is 0 Å². The summed E-state index contributed by atoms with van der Waals surface area (Å²) < 4.78 is 90.7. The predicted octanol–water partition coefficient (Wildman–Crippen LogP) is 5.98. The smallest absolute Gasteiger partial charge is 0.416 e. The quantitative estimate of drug-likeness (QED) is 0.174. The lowest BCUT2D eigenvalue weighted by Gasteiger charge is -2.25. The van der Waals surface area contributed by atoms with E-state index in [9.17, 15) is 35.9 Å². The number of nitrogens with zero attached hydrogens (tertiary/aromatic N) is 1. The van der Waals surface area contributed by atoms with E-state index in [0.29, 0.717) is 17.0 Å². The summed E-state index contributed by atoms with van der Waals surface area (Å²) in [5, 5.41) is 0. The van der Waals surface area contributed by atoms with Crippen molar-refractivity contribution < 1.29 is 45.4 Å². The van der Waals surface area contributed by atoms with Crippen molar-refractivity contribution in [2.24, 2.45) is 5.73 Å². The van der Waals surface area contributed by atoms with Crippen LogP contribution in [0.3, 0.4) is 0 Å². The van der Waals surface area contributed by atoms with Crippen LogP contribution in [0.5, 0.6) is 11.5 Å². The Hall–Kier alpha value is -4.48. The molecule has 0 atom stereocenters. The van der Waals surface area contributed by atoms with E-state index in [1.165, 1.54) is 32.4 Å². The van der Waals surface area contributed by atoms with E-state index in [4.69, 9.17) is 15.2 Å². The summed E-state index contributed by atoms with van der Waals surface area (Å²) in [5.74, 6) is -1.99. The van der Waals surface area contributed by atoms with Gasteiger partial charge in [0.15, 0.2) is 0 Å². The number of carbonyl (C=O) groups excluding carboxylic acids is 2. The Morgan fingerprint density at radius 1 is 0.763 bits per heavy atom. The van der Waals surface area contributed by atoms with Gasteiger partial charge in [0.1, 0.15) is 17.1 Å². The fourth-order valence-corrected chi connectivity index (χ4v) is 3.46. The maximum atomic E-state index is 13.7. The zero-order valence-electron chi connectivity index (χ0n) is 19.9. The number of anilines is 2. The molecule has 0 aromatic heterocycles. The number of nitrogens with two attached hydrogens (primary N) is 1. The molecule has 0 fully saturated rings. The number of hydrogen-bond donors (Lipinski definition) is 1. The molecule has 3 aromatic rings. The minimum Gasteiger partial charge on any atom is -0.497 e. The number of benzene rings is 3. The lowest BCUT2D eigenvalue weighted by molar-refractivity contribution is -0.138. The van der Waals surface area contributed by atoms with Crippen molar-refractivity contribution in [1.29, 1.82) is 0 Å². The molecule has 0 saturated carbocycles. The summed E-state index contributed by atoms with van der Waals surface area (Å²) in [6, 6.07) is 11.1. The summed E-state index contributed by atoms with van der Waals surface area (Å²) in [6.45, 7) is 0. The summed E-state index contributed by atoms with van der Waals surface area (Å²) in [6.07, 6.45) is -8.61. The average Bonchev–Trinajstić information content (AvgIpc) is 2.86. The van der Waals surface area contributed by atoms with Gasteiger partial charge in [-0.25, -0.2) is 0 Å². The van der Waals surface area contributed by atoms with Crippen LogP contribution < -0.4 is 20.1 Å². The van der Waals surface area contributed by atoms with Gasteiger partial charge < -0.3 is 15.2 Å². The number of methoxy groups -OCH3 is 2. The molecule has 6 nitrogen and oxygen atoms in total. The van der Waals surface area contributed by atoms with Gasteiger partial charge in [-0.1, -0.05) is 12.1 Å². The van der Waals surface area contributed by atoms with Crippen LogP contribution in [0.2, 0.25) is 0 Å². The fraction of sp³-hybridized carbons (Fsp3) is 0.154. The third kappa shape index (κ3) is 6.44. The van der Waals surface area contributed by atoms with Crippen LogP contribution in [0.4, 0.5) is 37.7 Å². The third-order valence-electron chi connectivity index (χ3n) is 5.25. The number of amides is 2. The molecule has 3 rings (SSSR count). The number of primary amides is 1. The van der Waals surface area contributed by atoms with E-state index in [1.807, 2.05) is 0 Å². The molecular formula is C26H20F6N2O4. The first-order chi connectivity index (χ1) is 17.7. The lowest BCUT2D eigenvalue weighted by atomic mass is 10.1. The van der Waals surface area contributed by atoms with E-state index in [2.05, 4.69) is 0 Å². The molecule has 0 spiro atoms. The number of alkyl halides is 6. The van der Waals surface area contributed by atoms with Gasteiger partial charge in [0.25, 0.3) is 11.8 Å². The van der Waals surface area contributed by atoms with Gasteiger partial charge in [-0.15, -0.1) is 0 Å². The molecule has 0 bridgehead atoms. The van der Waals surface area contributed by atoms with Crippen LogP contribution >= 0.6 is 0 Å². The normalized spacial score (nSPS) is 12.2. The monoisotopic (exact) mass is 538 g/mol. The first-order valence-electron chi connectivity index (χ1n) is 10.7. The molecule has 3 aromatic carbocycles. The van der Waals surface area contributed by atoms with Gasteiger partial charge in [0.2, 0.25) is 0 Å². The zero-order valence-corrected chi connectivity index (χ0v) is 19.9. The molecule has 0 unspecified atom stereocenters. The summed E-state index contributed by atoms with van der Waals surface area (Å²) >= 11 is 0. The molecule has 12 heteroatoms. The molecule has 2 amide bonds. The van der Waals surface area contributed by atoms with Crippen LogP contribution in [-0.4, -0.2) is 26.0 Å². The molecule has 38 heavy (non-hydrogen) atoms. The molecule has 0 aliphatic carbocycles. The Labute approximate surface area is 212 Å². The minimum atomic E-state index is -4.82. The average molecular weight is 538 g/mol. The second kappa shape index (κ2) is 10.9. The number of carbonyl (C=O) groups is 2. The second-order valence-electron chi connectivity index (χ2n) is 7.80. The number of hydrogen-bond acceptors (Lipinski definition) is 4. The highest BCUT2D eigenvalue weighted by atomic mass is 19.4. The van der Waals surface area contributed by atoms with Crippen molar-refractivity contribution >= 4 is 29.3 Å². The first-order valence-corrected chi connectivity index (χ1v) is 10.7. The summed E-state index contributed by atoms with van der Waals surface area (Å²) in [7, 11) is 2.71. The number of ether oxygens (including phenoxy) is 2. The van der Waals surface area contributed by atoms with Gasteiger partial charge in [-0.05, 0) is 60.2 Å². The first kappa shape index (κ1) is 28.1. The van der Waals surface area contributed by atoms with E-state index in [0.717, 1.165) is 42.5 Å². The highest BCUT2D eigenvalue weighted by Gasteiger charge is 2.34. The fourth-order valence-electron chi connectivity index (χ4n) is 3.46. The predicted molar refractivity (Wildman–Crippen MR) is 127 cm³/mol. The Balaban J connectivity index is 2.25. The molecule has 0 aliphatic rings. The van der Waals surface area contributed by atoms with Crippen LogP contribution in [-0.2, 0) is 21.9 Å². The van der Waals surface area contributed by atoms with Crippen molar-refractivity contribution in [3.05, 3.63) is 89.0 Å². The second-order valence-corrected chi connectivity index (χ2v) is 7.80. The van der Waals surface area contributed by atoms with Crippen LogP contribution in [0.25, 0.3) is 6.08 Å². The van der Waals surface area contributed by atoms with Crippen LogP contribution in [0, 0.1) is 0 Å². The largest absolute Gasteiger partial charge is 0.497 e. The van der Waals surface area contributed by atoms with Crippen molar-refractivity contribution in [2.45, 2.75) is 12.4 Å². The van der Waals surface area contributed by atoms with E-state index < -0.39 is 52.2 Å². The van der Waals surface area contributed by atoms with E-state index in [1.54, 1.807) is 0 Å². The zero-order chi connectivity index (χ0) is 28.3. The van der Waals surface area contributed by atoms with Crippen LogP contribution in [0.15, 0.2) is 72.3 Å². The van der Waals surface area contributed by atoms with Gasteiger partial charge >= 0.3 is 12.4 Å².